The van der Waals surface area contributed by atoms with E-state index in [-0.39, 0.29) is 0 Å². The summed E-state index contributed by atoms with van der Waals surface area (Å²) in [6.07, 6.45) is 7.65. The number of rotatable bonds is 2. The Hall–Kier alpha value is -0.890. The molecular formula is C11H15N2. The van der Waals surface area contributed by atoms with Crippen molar-refractivity contribution in [1.29, 1.82) is 0 Å². The van der Waals surface area contributed by atoms with Crippen LogP contribution in [-0.4, -0.2) is 16.4 Å². The second-order valence-electron chi connectivity index (χ2n) is 3.50. The van der Waals surface area contributed by atoms with Crippen molar-refractivity contribution in [3.05, 3.63) is 36.6 Å². The zero-order chi connectivity index (χ0) is 8.93. The molecule has 1 aromatic heterocycles. The summed E-state index contributed by atoms with van der Waals surface area (Å²) in [4.78, 5) is 6.41. The number of pyridine rings is 1. The lowest BCUT2D eigenvalue weighted by atomic mass is 10.1. The maximum absolute atomic E-state index is 4.01. The summed E-state index contributed by atoms with van der Waals surface area (Å²) in [5.41, 5.74) is 1.35. The van der Waals surface area contributed by atoms with Gasteiger partial charge in [0.05, 0.1) is 0 Å². The van der Waals surface area contributed by atoms with E-state index in [1.807, 2.05) is 12.4 Å². The Labute approximate surface area is 79.6 Å². The monoisotopic (exact) mass is 175 g/mol. The van der Waals surface area contributed by atoms with Gasteiger partial charge >= 0.3 is 0 Å². The fraction of sp³-hybridized carbons (Fsp3) is 0.455. The predicted molar refractivity (Wildman–Crippen MR) is 52.8 cm³/mol. The minimum Gasteiger partial charge on any atom is -0.295 e. The summed E-state index contributed by atoms with van der Waals surface area (Å²) in [6.45, 7) is 4.58. The van der Waals surface area contributed by atoms with E-state index in [0.29, 0.717) is 0 Å². The second kappa shape index (κ2) is 4.38. The van der Waals surface area contributed by atoms with Gasteiger partial charge in [0.1, 0.15) is 0 Å². The van der Waals surface area contributed by atoms with Crippen LogP contribution in [0.1, 0.15) is 24.8 Å². The summed E-state index contributed by atoms with van der Waals surface area (Å²) >= 11 is 0. The van der Waals surface area contributed by atoms with Gasteiger partial charge in [-0.05, 0) is 37.1 Å². The van der Waals surface area contributed by atoms with E-state index in [9.17, 15) is 0 Å². The van der Waals surface area contributed by atoms with Gasteiger partial charge in [-0.15, -0.1) is 0 Å². The van der Waals surface area contributed by atoms with Gasteiger partial charge in [0.2, 0.25) is 0 Å². The number of hydrogen-bond donors (Lipinski definition) is 0. The van der Waals surface area contributed by atoms with Crippen molar-refractivity contribution < 1.29 is 0 Å². The molecule has 2 heterocycles. The fourth-order valence-electron chi connectivity index (χ4n) is 1.69. The topological polar surface area (TPSA) is 16.1 Å². The quantitative estimate of drug-likeness (QED) is 0.685. The number of piperidine rings is 1. The maximum Gasteiger partial charge on any atom is 0.0271 e. The number of aromatic nitrogens is 1. The molecule has 0 aliphatic carbocycles. The third-order valence-corrected chi connectivity index (χ3v) is 2.42. The normalized spacial score (nSPS) is 18.8. The first kappa shape index (κ1) is 8.70. The average Bonchev–Trinajstić information content (AvgIpc) is 2.21. The lowest BCUT2D eigenvalue weighted by Crippen LogP contribution is -2.24. The molecule has 0 unspecified atom stereocenters. The molecule has 1 saturated heterocycles. The molecule has 0 atom stereocenters. The largest absolute Gasteiger partial charge is 0.295 e. The van der Waals surface area contributed by atoms with Gasteiger partial charge in [-0.3, -0.25) is 9.88 Å². The van der Waals surface area contributed by atoms with Crippen molar-refractivity contribution >= 4 is 0 Å². The highest BCUT2D eigenvalue weighted by Gasteiger charge is 2.09. The summed E-state index contributed by atoms with van der Waals surface area (Å²) in [7, 11) is 0. The zero-order valence-corrected chi connectivity index (χ0v) is 7.82. The van der Waals surface area contributed by atoms with Crippen LogP contribution >= 0.6 is 0 Å². The molecule has 0 amide bonds. The molecular weight excluding hydrogens is 160 g/mol. The first-order valence-corrected chi connectivity index (χ1v) is 4.91. The lowest BCUT2D eigenvalue weighted by molar-refractivity contribution is 0.274. The summed E-state index contributed by atoms with van der Waals surface area (Å²) < 4.78 is 0. The molecule has 2 rings (SSSR count). The third-order valence-electron chi connectivity index (χ3n) is 2.42. The van der Waals surface area contributed by atoms with E-state index in [1.54, 1.807) is 0 Å². The molecule has 1 aromatic rings. The Bertz CT molecular complexity index is 240. The van der Waals surface area contributed by atoms with Crippen molar-refractivity contribution in [2.45, 2.75) is 25.8 Å². The highest BCUT2D eigenvalue weighted by Crippen LogP contribution is 2.15. The van der Waals surface area contributed by atoms with Crippen molar-refractivity contribution in [3.8, 4) is 0 Å². The van der Waals surface area contributed by atoms with E-state index in [2.05, 4.69) is 28.6 Å². The van der Waals surface area contributed by atoms with Crippen molar-refractivity contribution in [2.75, 3.05) is 6.54 Å². The second-order valence-corrected chi connectivity index (χ2v) is 3.50. The predicted octanol–water partition coefficient (Wildman–Crippen LogP) is 2.23. The van der Waals surface area contributed by atoms with Crippen LogP contribution in [0.5, 0.6) is 0 Å². The minimum absolute atomic E-state index is 1.04. The third kappa shape index (κ3) is 2.52. The van der Waals surface area contributed by atoms with Crippen LogP contribution in [0.3, 0.4) is 0 Å². The Morgan fingerprint density at radius 1 is 1.23 bits per heavy atom. The fourth-order valence-corrected chi connectivity index (χ4v) is 1.69. The molecule has 2 nitrogen and oxygen atoms in total. The molecule has 1 aliphatic rings. The van der Waals surface area contributed by atoms with Crippen LogP contribution in [0.25, 0.3) is 0 Å². The zero-order valence-electron chi connectivity index (χ0n) is 7.82. The van der Waals surface area contributed by atoms with Gasteiger partial charge in [-0.25, -0.2) is 0 Å². The first-order chi connectivity index (χ1) is 6.45. The highest BCUT2D eigenvalue weighted by atomic mass is 15.1. The molecule has 1 fully saturated rings. The van der Waals surface area contributed by atoms with Crippen LogP contribution in [-0.2, 0) is 6.54 Å². The Kier molecular flexibility index (Phi) is 2.93. The molecule has 2 heteroatoms. The van der Waals surface area contributed by atoms with Gasteiger partial charge in [-0.2, -0.15) is 0 Å². The van der Waals surface area contributed by atoms with Crippen molar-refractivity contribution in [1.82, 2.24) is 9.88 Å². The molecule has 0 aromatic carbocycles. The first-order valence-electron chi connectivity index (χ1n) is 4.91. The van der Waals surface area contributed by atoms with Gasteiger partial charge < -0.3 is 0 Å². The molecule has 1 radical (unpaired) electrons. The Balaban J connectivity index is 1.90. The number of hydrogen-bond acceptors (Lipinski definition) is 2. The van der Waals surface area contributed by atoms with Crippen molar-refractivity contribution in [2.24, 2.45) is 0 Å². The Morgan fingerprint density at radius 2 is 2.08 bits per heavy atom. The van der Waals surface area contributed by atoms with E-state index in [0.717, 1.165) is 6.54 Å². The van der Waals surface area contributed by atoms with E-state index < -0.39 is 0 Å². The minimum atomic E-state index is 1.04. The van der Waals surface area contributed by atoms with E-state index in [4.69, 9.17) is 0 Å². The molecule has 0 N–H and O–H groups in total. The van der Waals surface area contributed by atoms with Crippen LogP contribution in [0.2, 0.25) is 0 Å². The van der Waals surface area contributed by atoms with Crippen LogP contribution in [0.4, 0.5) is 0 Å². The van der Waals surface area contributed by atoms with Crippen LogP contribution < -0.4 is 0 Å². The van der Waals surface area contributed by atoms with Gasteiger partial charge in [-0.1, -0.05) is 6.42 Å². The maximum atomic E-state index is 4.01. The number of likely N-dealkylation sites (tertiary alicyclic amines) is 1. The average molecular weight is 175 g/mol. The smallest absolute Gasteiger partial charge is 0.0271 e. The van der Waals surface area contributed by atoms with E-state index in [1.165, 1.54) is 31.4 Å². The molecule has 13 heavy (non-hydrogen) atoms. The summed E-state index contributed by atoms with van der Waals surface area (Å²) in [5.74, 6) is 0. The van der Waals surface area contributed by atoms with E-state index >= 15 is 0 Å². The van der Waals surface area contributed by atoms with Crippen LogP contribution in [0.15, 0.2) is 24.5 Å². The van der Waals surface area contributed by atoms with Crippen molar-refractivity contribution in [3.63, 3.8) is 0 Å². The molecule has 69 valence electrons. The SMILES string of the molecule is [CH]1CCCCN1Cc1ccncc1. The number of nitrogens with zero attached hydrogens (tertiary/aromatic N) is 2. The molecule has 1 aliphatic heterocycles. The van der Waals surface area contributed by atoms with Gasteiger partial charge in [0.25, 0.3) is 0 Å². The summed E-state index contributed by atoms with van der Waals surface area (Å²) in [5, 5.41) is 0. The molecule has 0 saturated carbocycles. The van der Waals surface area contributed by atoms with Gasteiger partial charge in [0, 0.05) is 25.5 Å². The standard InChI is InChI=1S/C11H15N2/c1-2-8-13(9-3-1)10-11-4-6-12-7-5-11/h4-8H,1-3,9-10H2. The highest BCUT2D eigenvalue weighted by molar-refractivity contribution is 5.09. The molecule has 0 bridgehead atoms. The van der Waals surface area contributed by atoms with Gasteiger partial charge in [0.15, 0.2) is 0 Å². The summed E-state index contributed by atoms with van der Waals surface area (Å²) in [6, 6.07) is 4.17. The molecule has 0 spiro atoms. The van der Waals surface area contributed by atoms with Crippen LogP contribution in [0, 0.1) is 6.54 Å². The Morgan fingerprint density at radius 3 is 2.77 bits per heavy atom. The lowest BCUT2D eigenvalue weighted by Gasteiger charge is -2.25.